The normalized spacial score (nSPS) is 30.1. The molecule has 7 atom stereocenters. The third-order valence-corrected chi connectivity index (χ3v) is 12.6. The molecule has 316 valence electrons. The summed E-state index contributed by atoms with van der Waals surface area (Å²) in [5.41, 5.74) is -6.50. The number of amides is 4. The highest BCUT2D eigenvalue weighted by Gasteiger charge is 2.64. The van der Waals surface area contributed by atoms with Gasteiger partial charge in [0.05, 0.1) is 19.2 Å². The van der Waals surface area contributed by atoms with Crippen LogP contribution in [0.5, 0.6) is 11.5 Å². The van der Waals surface area contributed by atoms with Crippen LogP contribution in [-0.2, 0) is 36.4 Å². The van der Waals surface area contributed by atoms with E-state index in [1.165, 1.54) is 25.3 Å². The number of methoxy groups -OCH3 is 1. The summed E-state index contributed by atoms with van der Waals surface area (Å²) in [5, 5.41) is 7.97. The van der Waals surface area contributed by atoms with E-state index in [1.54, 1.807) is 26.8 Å². The number of hydrogen-bond acceptors (Lipinski definition) is 10. The van der Waals surface area contributed by atoms with Gasteiger partial charge in [0.25, 0.3) is 0 Å². The Morgan fingerprint density at radius 2 is 1.84 bits per heavy atom. The van der Waals surface area contributed by atoms with Crippen LogP contribution >= 0.6 is 0 Å². The largest absolute Gasteiger partial charge is 0.771 e. The number of fused-ring (bicyclic) bond motifs is 5. The number of pyridine rings is 1. The number of alkyl carbamates (subject to hydrolysis) is 1. The molecule has 14 nitrogen and oxygen atoms in total. The lowest BCUT2D eigenvalue weighted by molar-refractivity contribution is -0.145. The molecule has 1 aromatic carbocycles. The molecule has 2 saturated carbocycles. The van der Waals surface area contributed by atoms with Crippen LogP contribution in [0.2, 0.25) is 0 Å². The topological polar surface area (TPSA) is 188 Å². The summed E-state index contributed by atoms with van der Waals surface area (Å²) in [6.45, 7) is 4.34. The lowest BCUT2D eigenvalue weighted by atomic mass is 9.85. The van der Waals surface area contributed by atoms with Crippen molar-refractivity contribution in [3.63, 3.8) is 0 Å². The Hall–Kier alpha value is -4.52. The predicted octanol–water partition coefficient (Wildman–Crippen LogP) is 5.17. The smallest absolute Gasteiger partial charge is 0.437 e. The molecule has 2 aliphatic carbocycles. The second-order valence-corrected chi connectivity index (χ2v) is 18.2. The molecule has 1 saturated heterocycles. The van der Waals surface area contributed by atoms with Crippen molar-refractivity contribution in [1.29, 1.82) is 0 Å². The van der Waals surface area contributed by atoms with Gasteiger partial charge in [-0.05, 0) is 88.6 Å². The van der Waals surface area contributed by atoms with Gasteiger partial charge in [-0.15, -0.1) is 0 Å². The Labute approximate surface area is 334 Å². The zero-order chi connectivity index (χ0) is 42.0. The molecule has 4 heterocycles. The molecule has 7 rings (SSSR count). The number of carbonyl (C=O) groups is 4. The van der Waals surface area contributed by atoms with Gasteiger partial charge in [0, 0.05) is 29.7 Å². The van der Waals surface area contributed by atoms with Crippen molar-refractivity contribution < 1.29 is 59.7 Å². The summed E-state index contributed by atoms with van der Waals surface area (Å²) in [4.78, 5) is 59.6. The van der Waals surface area contributed by atoms with Crippen LogP contribution < -0.4 is 25.4 Å². The number of nitrogens with zero attached hydrogens (tertiary/aromatic N) is 2. The summed E-state index contributed by atoms with van der Waals surface area (Å²) in [6.07, 6.45) is -2.61. The van der Waals surface area contributed by atoms with Gasteiger partial charge in [-0.2, -0.15) is 13.2 Å². The molecule has 7 unspecified atom stereocenters. The van der Waals surface area contributed by atoms with E-state index in [1.807, 2.05) is 6.08 Å². The molecule has 58 heavy (non-hydrogen) atoms. The fourth-order valence-electron chi connectivity index (χ4n) is 8.31. The van der Waals surface area contributed by atoms with Crippen molar-refractivity contribution in [2.75, 3.05) is 13.7 Å². The van der Waals surface area contributed by atoms with Gasteiger partial charge in [-0.3, -0.25) is 18.6 Å². The monoisotopic (exact) mass is 836 g/mol. The van der Waals surface area contributed by atoms with Crippen molar-refractivity contribution in [1.82, 2.24) is 25.8 Å². The van der Waals surface area contributed by atoms with Crippen LogP contribution in [0.4, 0.5) is 22.4 Å². The van der Waals surface area contributed by atoms with Crippen molar-refractivity contribution in [2.45, 2.75) is 131 Å². The quantitative estimate of drug-likeness (QED) is 0.206. The van der Waals surface area contributed by atoms with Gasteiger partial charge >= 0.3 is 12.3 Å². The molecule has 19 heteroatoms. The Morgan fingerprint density at radius 3 is 2.50 bits per heavy atom. The second kappa shape index (κ2) is 14.9. The van der Waals surface area contributed by atoms with Crippen LogP contribution in [0.25, 0.3) is 10.9 Å². The minimum Gasteiger partial charge on any atom is -0.771 e. The first-order valence-corrected chi connectivity index (χ1v) is 20.4. The van der Waals surface area contributed by atoms with Crippen molar-refractivity contribution >= 4 is 45.8 Å². The minimum atomic E-state index is -5.10. The van der Waals surface area contributed by atoms with E-state index >= 15 is 4.39 Å². The predicted molar refractivity (Wildman–Crippen MR) is 199 cm³/mol. The van der Waals surface area contributed by atoms with Crippen molar-refractivity contribution in [3.8, 4) is 11.5 Å². The number of alkyl halides is 4. The van der Waals surface area contributed by atoms with Crippen LogP contribution in [0, 0.1) is 5.92 Å². The number of carbonyl (C=O) groups excluding carboxylic acids is 4. The van der Waals surface area contributed by atoms with E-state index in [9.17, 15) is 41.1 Å². The van der Waals surface area contributed by atoms with Crippen molar-refractivity contribution in [3.05, 3.63) is 41.6 Å². The van der Waals surface area contributed by atoms with Crippen LogP contribution in [0.15, 0.2) is 30.4 Å². The van der Waals surface area contributed by atoms with Gasteiger partial charge in [-0.25, -0.2) is 14.2 Å². The number of ether oxygens (including phenoxy) is 3. The third-order valence-electron chi connectivity index (χ3n) is 11.5. The molecule has 1 aromatic heterocycles. The first-order chi connectivity index (χ1) is 27.2. The number of rotatable bonds is 5. The molecule has 3 fully saturated rings. The van der Waals surface area contributed by atoms with E-state index < -0.39 is 123 Å². The summed E-state index contributed by atoms with van der Waals surface area (Å²) < 4.78 is 102. The average molecular weight is 837 g/mol. The molecule has 0 radical (unpaired) electrons. The first kappa shape index (κ1) is 41.6. The number of benzene rings is 1. The molecule has 5 aliphatic rings. The summed E-state index contributed by atoms with van der Waals surface area (Å²) >= 11 is -2.65. The van der Waals surface area contributed by atoms with Crippen molar-refractivity contribution in [2.24, 2.45) is 5.92 Å². The van der Waals surface area contributed by atoms with E-state index in [0.29, 0.717) is 25.7 Å². The Kier molecular flexibility index (Phi) is 10.7. The fraction of sp³-hybridized carbons (Fsp3) is 0.615. The van der Waals surface area contributed by atoms with Crippen LogP contribution in [-0.4, -0.2) is 89.8 Å². The highest BCUT2D eigenvalue weighted by atomic mass is 32.2. The van der Waals surface area contributed by atoms with E-state index in [-0.39, 0.29) is 42.3 Å². The number of aromatic nitrogens is 1. The molecule has 3 N–H and O–H groups in total. The standard InChI is InChI=1S/C39H47F4N5O9S/c1-35(2,3)57-34(52)45-26-11-9-7-5-6-8-10-21-17-38(21,33(51)47-37(14-15-37)58(53)54)46-31(49)27-19-36(20-48(27)32(26)50)18-24(40)28-23-16-22(55-4)12-13-25(23)44-30(29(28)56-36)39(41,42)43/h8,10,12-13,16,21,24,26-27H,5-7,9,11,14-15,17-20H2,1-4H3,(H,45,52)(H,46,49)(H,47,51)(H,53,54)/p-1. The number of nitrogens with one attached hydrogen (secondary N) is 3. The number of halogens is 4. The lowest BCUT2D eigenvalue weighted by Crippen LogP contribution is -2.59. The molecule has 1 spiro atoms. The Bertz CT molecular complexity index is 2070. The van der Waals surface area contributed by atoms with Gasteiger partial charge < -0.3 is 39.6 Å². The van der Waals surface area contributed by atoms with Crippen LogP contribution in [0.3, 0.4) is 0 Å². The summed E-state index contributed by atoms with van der Waals surface area (Å²) in [5.74, 6) is -3.61. The van der Waals surface area contributed by atoms with E-state index in [0.717, 1.165) is 4.90 Å². The SMILES string of the molecule is COc1ccc2nc(C(F)(F)F)c3c(c2c1)C(F)CC1(CC2C(=O)NC4(C(=O)NC5(S(=O)[O-])CC5)CC4C=CCCCCCC(NC(=O)OC(C)(C)C)C(=O)N2C1)O3. The fourth-order valence-corrected chi connectivity index (χ4v) is 8.92. The Balaban J connectivity index is 1.29. The van der Waals surface area contributed by atoms with Gasteiger partial charge in [-0.1, -0.05) is 25.0 Å². The molecular formula is C39H46F4N5O9S-. The first-order valence-electron chi connectivity index (χ1n) is 19.3. The maximum absolute atomic E-state index is 16.8. The van der Waals surface area contributed by atoms with Crippen LogP contribution in [0.1, 0.15) is 102 Å². The number of allylic oxidation sites excluding steroid dienone is 1. The van der Waals surface area contributed by atoms with E-state index in [4.69, 9.17) is 14.2 Å². The zero-order valence-electron chi connectivity index (χ0n) is 32.5. The van der Waals surface area contributed by atoms with Gasteiger partial charge in [0.1, 0.15) is 45.6 Å². The Morgan fingerprint density at radius 1 is 1.10 bits per heavy atom. The average Bonchev–Trinajstić information content (AvgIpc) is 4.03. The molecular weight excluding hydrogens is 791 g/mol. The highest BCUT2D eigenvalue weighted by molar-refractivity contribution is 7.81. The lowest BCUT2D eigenvalue weighted by Gasteiger charge is -2.38. The minimum absolute atomic E-state index is 0.0289. The number of hydrogen-bond donors (Lipinski definition) is 3. The summed E-state index contributed by atoms with van der Waals surface area (Å²) in [6, 6.07) is 1.23. The maximum Gasteiger partial charge on any atom is 0.437 e. The van der Waals surface area contributed by atoms with Gasteiger partial charge in [0.15, 0.2) is 11.4 Å². The molecule has 4 amide bonds. The second-order valence-electron chi connectivity index (χ2n) is 16.9. The molecule has 2 aromatic rings. The van der Waals surface area contributed by atoms with Gasteiger partial charge in [0.2, 0.25) is 17.7 Å². The summed E-state index contributed by atoms with van der Waals surface area (Å²) in [7, 11) is 1.35. The third kappa shape index (κ3) is 8.07. The highest BCUT2D eigenvalue weighted by Crippen LogP contribution is 2.54. The molecule has 0 bridgehead atoms. The molecule has 3 aliphatic heterocycles. The zero-order valence-corrected chi connectivity index (χ0v) is 33.3. The maximum atomic E-state index is 16.8. The van der Waals surface area contributed by atoms with E-state index in [2.05, 4.69) is 20.9 Å².